The fraction of sp³-hybridized carbons (Fsp3) is 0.304. The predicted molar refractivity (Wildman–Crippen MR) is 117 cm³/mol. The molecule has 2 heterocycles. The second-order valence-corrected chi connectivity index (χ2v) is 7.48. The predicted octanol–water partition coefficient (Wildman–Crippen LogP) is 2.64. The summed E-state index contributed by atoms with van der Waals surface area (Å²) in [5.41, 5.74) is 2.47. The third-order valence-electron chi connectivity index (χ3n) is 5.52. The van der Waals surface area contributed by atoms with Crippen molar-refractivity contribution in [2.45, 2.75) is 13.0 Å². The monoisotopic (exact) mass is 406 g/mol. The van der Waals surface area contributed by atoms with Crippen molar-refractivity contribution in [3.8, 4) is 5.75 Å². The Bertz CT molecular complexity index is 1000. The molecular weight excluding hydrogens is 380 g/mol. The lowest BCUT2D eigenvalue weighted by atomic mass is 10.2. The molecule has 0 radical (unpaired) electrons. The maximum absolute atomic E-state index is 12.8. The number of carbonyl (C=O) groups excluding carboxylic acids is 2. The molecule has 1 aliphatic rings. The van der Waals surface area contributed by atoms with Gasteiger partial charge < -0.3 is 24.8 Å². The van der Waals surface area contributed by atoms with Crippen molar-refractivity contribution >= 4 is 28.4 Å². The van der Waals surface area contributed by atoms with E-state index >= 15 is 0 Å². The second-order valence-electron chi connectivity index (χ2n) is 7.48. The van der Waals surface area contributed by atoms with Crippen LogP contribution in [0.15, 0.2) is 54.6 Å². The molecule has 30 heavy (non-hydrogen) atoms. The SMILES string of the molecule is COc1ccc(N2CCN(C(=O)C(C)NC(=O)c3cc4ccccc4[nH]3)CC2)cc1. The van der Waals surface area contributed by atoms with Crippen molar-refractivity contribution in [3.63, 3.8) is 0 Å². The van der Waals surface area contributed by atoms with Crippen LogP contribution in [0.4, 0.5) is 5.69 Å². The Hall–Kier alpha value is -3.48. The van der Waals surface area contributed by atoms with E-state index in [0.29, 0.717) is 18.8 Å². The van der Waals surface area contributed by atoms with Gasteiger partial charge in [0, 0.05) is 42.8 Å². The molecule has 1 aliphatic heterocycles. The summed E-state index contributed by atoms with van der Waals surface area (Å²) in [6.07, 6.45) is 0. The summed E-state index contributed by atoms with van der Waals surface area (Å²) in [7, 11) is 1.65. The molecular formula is C23H26N4O3. The fourth-order valence-corrected chi connectivity index (χ4v) is 3.78. The summed E-state index contributed by atoms with van der Waals surface area (Å²) in [6, 6.07) is 16.9. The zero-order chi connectivity index (χ0) is 21.1. The van der Waals surface area contributed by atoms with Gasteiger partial charge in [0.25, 0.3) is 5.91 Å². The number of aromatic nitrogens is 1. The van der Waals surface area contributed by atoms with Gasteiger partial charge in [-0.15, -0.1) is 0 Å². The van der Waals surface area contributed by atoms with E-state index in [1.54, 1.807) is 20.1 Å². The average molecular weight is 406 g/mol. The van der Waals surface area contributed by atoms with Gasteiger partial charge in [-0.25, -0.2) is 0 Å². The molecule has 7 nitrogen and oxygen atoms in total. The lowest BCUT2D eigenvalue weighted by Gasteiger charge is -2.37. The first-order valence-corrected chi connectivity index (χ1v) is 10.1. The molecule has 0 aliphatic carbocycles. The highest BCUT2D eigenvalue weighted by atomic mass is 16.5. The number of methoxy groups -OCH3 is 1. The van der Waals surface area contributed by atoms with E-state index < -0.39 is 6.04 Å². The van der Waals surface area contributed by atoms with E-state index in [-0.39, 0.29) is 11.8 Å². The molecule has 7 heteroatoms. The highest BCUT2D eigenvalue weighted by Gasteiger charge is 2.26. The first-order chi connectivity index (χ1) is 14.5. The van der Waals surface area contributed by atoms with Crippen LogP contribution in [0.3, 0.4) is 0 Å². The Morgan fingerprint density at radius 2 is 1.73 bits per heavy atom. The number of fused-ring (bicyclic) bond motifs is 1. The largest absolute Gasteiger partial charge is 0.497 e. The molecule has 3 aromatic rings. The Morgan fingerprint density at radius 3 is 2.40 bits per heavy atom. The number of amides is 2. The van der Waals surface area contributed by atoms with E-state index in [1.165, 1.54) is 0 Å². The number of H-pyrrole nitrogens is 1. The highest BCUT2D eigenvalue weighted by molar-refractivity contribution is 6.00. The summed E-state index contributed by atoms with van der Waals surface area (Å²) in [6.45, 7) is 4.48. The second kappa shape index (κ2) is 8.49. The first kappa shape index (κ1) is 19.8. The van der Waals surface area contributed by atoms with E-state index in [2.05, 4.69) is 15.2 Å². The zero-order valence-corrected chi connectivity index (χ0v) is 17.2. The minimum Gasteiger partial charge on any atom is -0.497 e. The van der Waals surface area contributed by atoms with Crippen LogP contribution in [-0.4, -0.2) is 61.0 Å². The Kier molecular flexibility index (Phi) is 5.61. The molecule has 156 valence electrons. The molecule has 2 N–H and O–H groups in total. The van der Waals surface area contributed by atoms with Gasteiger partial charge >= 0.3 is 0 Å². The van der Waals surface area contributed by atoms with Gasteiger partial charge in [-0.3, -0.25) is 9.59 Å². The van der Waals surface area contributed by atoms with Gasteiger partial charge in [-0.1, -0.05) is 18.2 Å². The molecule has 2 amide bonds. The van der Waals surface area contributed by atoms with E-state index in [1.807, 2.05) is 53.4 Å². The van der Waals surface area contributed by atoms with Crippen molar-refractivity contribution < 1.29 is 14.3 Å². The van der Waals surface area contributed by atoms with Gasteiger partial charge in [-0.2, -0.15) is 0 Å². The van der Waals surface area contributed by atoms with Crippen LogP contribution < -0.4 is 15.0 Å². The molecule has 1 aromatic heterocycles. The molecule has 0 spiro atoms. The number of hydrogen-bond donors (Lipinski definition) is 2. The number of aromatic amines is 1. The highest BCUT2D eigenvalue weighted by Crippen LogP contribution is 2.21. The number of para-hydroxylation sites is 1. The lowest BCUT2D eigenvalue weighted by molar-refractivity contribution is -0.133. The number of nitrogens with one attached hydrogen (secondary N) is 2. The van der Waals surface area contributed by atoms with Crippen LogP contribution >= 0.6 is 0 Å². The van der Waals surface area contributed by atoms with Crippen molar-refractivity contribution in [2.75, 3.05) is 38.2 Å². The number of nitrogens with zero attached hydrogens (tertiary/aromatic N) is 2. The quantitative estimate of drug-likeness (QED) is 0.683. The van der Waals surface area contributed by atoms with Gasteiger partial charge in [-0.05, 0) is 43.3 Å². The fourth-order valence-electron chi connectivity index (χ4n) is 3.78. The molecule has 1 unspecified atom stereocenters. The molecule has 0 bridgehead atoms. The Balaban J connectivity index is 1.32. The summed E-state index contributed by atoms with van der Waals surface area (Å²) in [4.78, 5) is 32.6. The topological polar surface area (TPSA) is 77.7 Å². The van der Waals surface area contributed by atoms with Crippen molar-refractivity contribution in [2.24, 2.45) is 0 Å². The number of rotatable bonds is 5. The summed E-state index contributed by atoms with van der Waals surface area (Å²) < 4.78 is 5.20. The normalized spacial score (nSPS) is 15.1. The third-order valence-corrected chi connectivity index (χ3v) is 5.52. The smallest absolute Gasteiger partial charge is 0.268 e. The van der Waals surface area contributed by atoms with Crippen LogP contribution in [0.1, 0.15) is 17.4 Å². The van der Waals surface area contributed by atoms with Crippen molar-refractivity contribution in [1.82, 2.24) is 15.2 Å². The molecule has 1 fully saturated rings. The number of benzene rings is 2. The molecule has 1 saturated heterocycles. The Morgan fingerprint density at radius 1 is 1.03 bits per heavy atom. The Labute approximate surface area is 175 Å². The van der Waals surface area contributed by atoms with E-state index in [4.69, 9.17) is 4.74 Å². The van der Waals surface area contributed by atoms with Crippen LogP contribution in [0.5, 0.6) is 5.75 Å². The molecule has 2 aromatic carbocycles. The number of carbonyl (C=O) groups is 2. The lowest BCUT2D eigenvalue weighted by Crippen LogP contribution is -2.54. The number of piperazine rings is 1. The third kappa shape index (κ3) is 4.10. The van der Waals surface area contributed by atoms with Crippen molar-refractivity contribution in [1.29, 1.82) is 0 Å². The molecule has 1 atom stereocenters. The maximum atomic E-state index is 12.8. The van der Waals surface area contributed by atoms with Crippen LogP contribution in [0.2, 0.25) is 0 Å². The molecule has 4 rings (SSSR count). The van der Waals surface area contributed by atoms with Crippen LogP contribution in [0.25, 0.3) is 10.9 Å². The van der Waals surface area contributed by atoms with Crippen molar-refractivity contribution in [3.05, 3.63) is 60.3 Å². The minimum absolute atomic E-state index is 0.0613. The van der Waals surface area contributed by atoms with Gasteiger partial charge in [0.2, 0.25) is 5.91 Å². The van der Waals surface area contributed by atoms with Gasteiger partial charge in [0.15, 0.2) is 0 Å². The van der Waals surface area contributed by atoms with Crippen LogP contribution in [0, 0.1) is 0 Å². The first-order valence-electron chi connectivity index (χ1n) is 10.1. The number of anilines is 1. The summed E-state index contributed by atoms with van der Waals surface area (Å²) in [5, 5.41) is 3.79. The van der Waals surface area contributed by atoms with Gasteiger partial charge in [0.1, 0.15) is 17.5 Å². The van der Waals surface area contributed by atoms with Crippen LogP contribution in [-0.2, 0) is 4.79 Å². The summed E-state index contributed by atoms with van der Waals surface area (Å²) >= 11 is 0. The molecule has 0 saturated carbocycles. The number of ether oxygens (including phenoxy) is 1. The average Bonchev–Trinajstić information content (AvgIpc) is 3.23. The van der Waals surface area contributed by atoms with Gasteiger partial charge in [0.05, 0.1) is 7.11 Å². The number of hydrogen-bond acceptors (Lipinski definition) is 4. The standard InChI is InChI=1S/C23H26N4O3/c1-16(24-22(28)21-15-17-5-3-4-6-20(17)25-21)23(29)27-13-11-26(12-14-27)18-7-9-19(30-2)10-8-18/h3-10,15-16,25H,11-14H2,1-2H3,(H,24,28). The minimum atomic E-state index is -0.587. The maximum Gasteiger partial charge on any atom is 0.268 e. The zero-order valence-electron chi connectivity index (χ0n) is 17.2. The summed E-state index contributed by atoms with van der Waals surface area (Å²) in [5.74, 6) is 0.491. The van der Waals surface area contributed by atoms with E-state index in [0.717, 1.165) is 35.4 Å². The van der Waals surface area contributed by atoms with E-state index in [9.17, 15) is 9.59 Å².